The van der Waals surface area contributed by atoms with Crippen molar-refractivity contribution in [2.45, 2.75) is 30.7 Å². The fraction of sp³-hybridized carbons (Fsp3) is 0.316. The Labute approximate surface area is 125 Å². The lowest BCUT2D eigenvalue weighted by Gasteiger charge is -2.05. The van der Waals surface area contributed by atoms with E-state index in [9.17, 15) is 4.79 Å². The molecule has 0 unspecified atom stereocenters. The second kappa shape index (κ2) is 5.03. The highest BCUT2D eigenvalue weighted by atomic mass is 16.2. The third-order valence-electron chi connectivity index (χ3n) is 4.70. The molecule has 0 heterocycles. The van der Waals surface area contributed by atoms with E-state index in [1.807, 2.05) is 12.1 Å². The van der Waals surface area contributed by atoms with Gasteiger partial charge in [0.25, 0.3) is 0 Å². The van der Waals surface area contributed by atoms with E-state index in [4.69, 9.17) is 0 Å². The largest absolute Gasteiger partial charge is 0.352 e. The number of hydrogen-bond acceptors (Lipinski definition) is 1. The van der Waals surface area contributed by atoms with E-state index in [0.29, 0.717) is 17.9 Å². The van der Waals surface area contributed by atoms with Crippen molar-refractivity contribution in [3.05, 3.63) is 71.8 Å². The summed E-state index contributed by atoms with van der Waals surface area (Å²) < 4.78 is 0. The molecule has 0 radical (unpaired) electrons. The van der Waals surface area contributed by atoms with Crippen molar-refractivity contribution in [2.75, 3.05) is 0 Å². The number of hydrogen-bond donors (Lipinski definition) is 1. The van der Waals surface area contributed by atoms with Gasteiger partial charge in [0.05, 0.1) is 0 Å². The number of rotatable bonds is 4. The van der Waals surface area contributed by atoms with Crippen LogP contribution in [0.15, 0.2) is 60.7 Å². The zero-order valence-corrected chi connectivity index (χ0v) is 11.9. The molecule has 1 amide bonds. The molecular formula is C19H19NO. The van der Waals surface area contributed by atoms with Crippen LogP contribution in [0.5, 0.6) is 0 Å². The van der Waals surface area contributed by atoms with Crippen LogP contribution in [0, 0.1) is 5.92 Å². The quantitative estimate of drug-likeness (QED) is 0.911. The predicted molar refractivity (Wildman–Crippen MR) is 83.0 cm³/mol. The molecule has 2 aliphatic rings. The van der Waals surface area contributed by atoms with E-state index in [-0.39, 0.29) is 11.8 Å². The minimum absolute atomic E-state index is 0.185. The number of nitrogens with one attached hydrogen (secondary N) is 1. The average Bonchev–Trinajstić information content (AvgIpc) is 3.43. The molecule has 2 saturated carbocycles. The Balaban J connectivity index is 1.33. The molecule has 21 heavy (non-hydrogen) atoms. The van der Waals surface area contributed by atoms with Gasteiger partial charge < -0.3 is 5.32 Å². The highest BCUT2D eigenvalue weighted by molar-refractivity contribution is 5.83. The first kappa shape index (κ1) is 12.6. The van der Waals surface area contributed by atoms with Gasteiger partial charge in [-0.1, -0.05) is 60.7 Å². The molecule has 0 bridgehead atoms. The molecule has 0 aliphatic heterocycles. The van der Waals surface area contributed by atoms with E-state index in [1.54, 1.807) is 0 Å². The minimum atomic E-state index is 0.185. The van der Waals surface area contributed by atoms with E-state index in [2.05, 4.69) is 53.8 Å². The fourth-order valence-corrected chi connectivity index (χ4v) is 3.27. The molecular weight excluding hydrogens is 258 g/mol. The maximum Gasteiger partial charge on any atom is 0.223 e. The van der Waals surface area contributed by atoms with E-state index in [1.165, 1.54) is 11.1 Å². The molecule has 0 saturated heterocycles. The van der Waals surface area contributed by atoms with Crippen LogP contribution in [0.2, 0.25) is 0 Å². The first-order chi connectivity index (χ1) is 10.3. The van der Waals surface area contributed by atoms with Crippen LogP contribution in [-0.2, 0) is 4.79 Å². The topological polar surface area (TPSA) is 29.1 Å². The average molecular weight is 277 g/mol. The number of benzene rings is 2. The normalized spacial score (nSPS) is 29.7. The number of carbonyl (C=O) groups is 1. The minimum Gasteiger partial charge on any atom is -0.352 e. The molecule has 1 N–H and O–H groups in total. The zero-order chi connectivity index (χ0) is 14.2. The van der Waals surface area contributed by atoms with Crippen LogP contribution in [0.25, 0.3) is 0 Å². The van der Waals surface area contributed by atoms with Gasteiger partial charge in [-0.25, -0.2) is 0 Å². The highest BCUT2D eigenvalue weighted by Crippen LogP contribution is 2.48. The Morgan fingerprint density at radius 2 is 1.38 bits per heavy atom. The van der Waals surface area contributed by atoms with Gasteiger partial charge in [-0.2, -0.15) is 0 Å². The van der Waals surface area contributed by atoms with Gasteiger partial charge in [0.1, 0.15) is 0 Å². The summed E-state index contributed by atoms with van der Waals surface area (Å²) in [6, 6.07) is 21.2. The van der Waals surface area contributed by atoms with Crippen LogP contribution in [0.3, 0.4) is 0 Å². The van der Waals surface area contributed by atoms with Gasteiger partial charge in [0, 0.05) is 17.9 Å². The molecule has 2 heteroatoms. The SMILES string of the molecule is O=C(N[C@H]1C[C@H]1c1ccccc1)[C@H]1C[C@@H]1c1ccccc1. The second-order valence-electron chi connectivity index (χ2n) is 6.23. The lowest BCUT2D eigenvalue weighted by Crippen LogP contribution is -2.28. The Bertz CT molecular complexity index is 637. The first-order valence-corrected chi connectivity index (χ1v) is 7.73. The number of amides is 1. The Kier molecular flexibility index (Phi) is 3.03. The van der Waals surface area contributed by atoms with Gasteiger partial charge in [-0.15, -0.1) is 0 Å². The molecule has 2 aliphatic carbocycles. The van der Waals surface area contributed by atoms with Crippen LogP contribution < -0.4 is 5.32 Å². The summed E-state index contributed by atoms with van der Waals surface area (Å²) in [6.07, 6.45) is 2.08. The van der Waals surface area contributed by atoms with Gasteiger partial charge in [0.2, 0.25) is 5.91 Å². The van der Waals surface area contributed by atoms with E-state index in [0.717, 1.165) is 12.8 Å². The maximum absolute atomic E-state index is 12.3. The number of carbonyl (C=O) groups excluding carboxylic acids is 1. The molecule has 4 rings (SSSR count). The van der Waals surface area contributed by atoms with Crippen molar-refractivity contribution in [1.82, 2.24) is 5.32 Å². The molecule has 106 valence electrons. The summed E-state index contributed by atoms with van der Waals surface area (Å²) >= 11 is 0. The van der Waals surface area contributed by atoms with Crippen LogP contribution in [0.4, 0.5) is 0 Å². The lowest BCUT2D eigenvalue weighted by molar-refractivity contribution is -0.122. The highest BCUT2D eigenvalue weighted by Gasteiger charge is 2.47. The van der Waals surface area contributed by atoms with E-state index >= 15 is 0 Å². The third-order valence-corrected chi connectivity index (χ3v) is 4.70. The molecule has 0 aromatic heterocycles. The van der Waals surface area contributed by atoms with Gasteiger partial charge in [-0.3, -0.25) is 4.79 Å². The summed E-state index contributed by atoms with van der Waals surface area (Å²) in [5.74, 6) is 1.38. The predicted octanol–water partition coefficient (Wildman–Crippen LogP) is 3.46. The van der Waals surface area contributed by atoms with Gasteiger partial charge >= 0.3 is 0 Å². The van der Waals surface area contributed by atoms with Crippen LogP contribution >= 0.6 is 0 Å². The summed E-state index contributed by atoms with van der Waals surface area (Å²) in [6.45, 7) is 0. The smallest absolute Gasteiger partial charge is 0.223 e. The van der Waals surface area contributed by atoms with Crippen LogP contribution in [0.1, 0.15) is 35.8 Å². The molecule has 2 aromatic carbocycles. The summed E-state index contributed by atoms with van der Waals surface area (Å²) in [5, 5.41) is 3.23. The standard InChI is InChI=1S/C19H19NO/c21-19(17-11-15(17)13-7-3-1-4-8-13)20-18-12-16(18)14-9-5-2-6-10-14/h1-10,15-18H,11-12H2,(H,20,21)/t15-,16+,17+,18+/m1/s1. The molecule has 0 spiro atoms. The molecule has 4 atom stereocenters. The zero-order valence-electron chi connectivity index (χ0n) is 11.9. The fourth-order valence-electron chi connectivity index (χ4n) is 3.27. The van der Waals surface area contributed by atoms with Crippen molar-refractivity contribution in [1.29, 1.82) is 0 Å². The van der Waals surface area contributed by atoms with Gasteiger partial charge in [0.15, 0.2) is 0 Å². The van der Waals surface area contributed by atoms with E-state index < -0.39 is 0 Å². The molecule has 2 nitrogen and oxygen atoms in total. The molecule has 2 aromatic rings. The second-order valence-corrected chi connectivity index (χ2v) is 6.23. The van der Waals surface area contributed by atoms with Crippen LogP contribution in [-0.4, -0.2) is 11.9 Å². The van der Waals surface area contributed by atoms with Crippen molar-refractivity contribution < 1.29 is 4.79 Å². The summed E-state index contributed by atoms with van der Waals surface area (Å²) in [5.41, 5.74) is 2.64. The third kappa shape index (κ3) is 2.58. The summed E-state index contributed by atoms with van der Waals surface area (Å²) in [4.78, 5) is 12.3. The van der Waals surface area contributed by atoms with Crippen molar-refractivity contribution in [3.63, 3.8) is 0 Å². The van der Waals surface area contributed by atoms with Crippen molar-refractivity contribution in [3.8, 4) is 0 Å². The first-order valence-electron chi connectivity index (χ1n) is 7.73. The Morgan fingerprint density at radius 3 is 2.00 bits per heavy atom. The van der Waals surface area contributed by atoms with Crippen molar-refractivity contribution >= 4 is 5.91 Å². The van der Waals surface area contributed by atoms with Gasteiger partial charge in [-0.05, 0) is 29.9 Å². The lowest BCUT2D eigenvalue weighted by atomic mass is 10.1. The Morgan fingerprint density at radius 1 is 0.810 bits per heavy atom. The molecule has 2 fully saturated rings. The monoisotopic (exact) mass is 277 g/mol. The Hall–Kier alpha value is -2.09. The summed E-state index contributed by atoms with van der Waals surface area (Å²) in [7, 11) is 0. The maximum atomic E-state index is 12.3. The van der Waals surface area contributed by atoms with Crippen molar-refractivity contribution in [2.24, 2.45) is 5.92 Å².